The van der Waals surface area contributed by atoms with E-state index >= 15 is 0 Å². The van der Waals surface area contributed by atoms with Crippen molar-refractivity contribution in [1.29, 1.82) is 0 Å². The smallest absolute Gasteiger partial charge is 0.222 e. The zero-order valence-electron chi connectivity index (χ0n) is 16.4. The third-order valence-electron chi connectivity index (χ3n) is 5.06. The van der Waals surface area contributed by atoms with Gasteiger partial charge in [-0.25, -0.2) is 0 Å². The zero-order chi connectivity index (χ0) is 19.2. The van der Waals surface area contributed by atoms with Crippen molar-refractivity contribution < 1.29 is 13.9 Å². The number of hydrogen-bond donors (Lipinski definition) is 1. The number of nitrogens with zero attached hydrogens (tertiary/aromatic N) is 2. The first-order chi connectivity index (χ1) is 13.1. The Hall–Kier alpha value is -2.47. The summed E-state index contributed by atoms with van der Waals surface area (Å²) in [5.74, 6) is 1.82. The highest BCUT2D eigenvalue weighted by molar-refractivity contribution is 5.77. The number of furan rings is 1. The van der Waals surface area contributed by atoms with Crippen molar-refractivity contribution >= 4 is 11.6 Å². The monoisotopic (exact) mass is 371 g/mol. The summed E-state index contributed by atoms with van der Waals surface area (Å²) in [6.07, 6.45) is 1.69. The molecule has 1 atom stereocenters. The van der Waals surface area contributed by atoms with Crippen molar-refractivity contribution in [3.05, 3.63) is 48.4 Å². The topological polar surface area (TPSA) is 58.0 Å². The van der Waals surface area contributed by atoms with Gasteiger partial charge in [0, 0.05) is 44.3 Å². The van der Waals surface area contributed by atoms with Crippen LogP contribution in [0.2, 0.25) is 0 Å². The number of anilines is 1. The molecule has 1 N–H and O–H groups in total. The lowest BCUT2D eigenvalue weighted by Gasteiger charge is -2.39. The van der Waals surface area contributed by atoms with Gasteiger partial charge in [-0.15, -0.1) is 0 Å². The maximum atomic E-state index is 12.0. The molecule has 3 rings (SSSR count). The van der Waals surface area contributed by atoms with Gasteiger partial charge in [0.05, 0.1) is 19.4 Å². The van der Waals surface area contributed by atoms with Crippen LogP contribution in [0, 0.1) is 5.92 Å². The van der Waals surface area contributed by atoms with Crippen LogP contribution in [-0.4, -0.2) is 50.6 Å². The Morgan fingerprint density at radius 3 is 2.41 bits per heavy atom. The van der Waals surface area contributed by atoms with E-state index in [1.54, 1.807) is 13.4 Å². The van der Waals surface area contributed by atoms with Crippen molar-refractivity contribution in [1.82, 2.24) is 10.2 Å². The summed E-state index contributed by atoms with van der Waals surface area (Å²) in [5, 5.41) is 3.06. The largest absolute Gasteiger partial charge is 0.497 e. The molecule has 0 aliphatic carbocycles. The fourth-order valence-corrected chi connectivity index (χ4v) is 3.38. The molecule has 0 unspecified atom stereocenters. The number of ether oxygens (including phenoxy) is 1. The van der Waals surface area contributed by atoms with Crippen molar-refractivity contribution in [3.63, 3.8) is 0 Å². The summed E-state index contributed by atoms with van der Waals surface area (Å²) in [6, 6.07) is 12.1. The van der Waals surface area contributed by atoms with Gasteiger partial charge in [0.2, 0.25) is 5.91 Å². The molecule has 1 amide bonds. The molecular formula is C21H29N3O3. The molecule has 1 aromatic carbocycles. The Bertz CT molecular complexity index is 705. The highest BCUT2D eigenvalue weighted by Crippen LogP contribution is 2.25. The molecule has 0 bridgehead atoms. The average molecular weight is 371 g/mol. The molecule has 6 nitrogen and oxygen atoms in total. The predicted octanol–water partition coefficient (Wildman–Crippen LogP) is 2.92. The Kier molecular flexibility index (Phi) is 6.40. The van der Waals surface area contributed by atoms with Crippen LogP contribution >= 0.6 is 0 Å². The number of carbonyl (C=O) groups excluding carboxylic acids is 1. The second-order valence-corrected chi connectivity index (χ2v) is 7.15. The second-order valence-electron chi connectivity index (χ2n) is 7.15. The van der Waals surface area contributed by atoms with Gasteiger partial charge in [-0.1, -0.05) is 13.8 Å². The number of benzene rings is 1. The average Bonchev–Trinajstić information content (AvgIpc) is 3.23. The van der Waals surface area contributed by atoms with Crippen LogP contribution in [-0.2, 0) is 4.79 Å². The normalized spacial score (nSPS) is 16.4. The molecular weight excluding hydrogens is 342 g/mol. The lowest BCUT2D eigenvalue weighted by molar-refractivity contribution is -0.124. The second kappa shape index (κ2) is 8.95. The third kappa shape index (κ3) is 4.83. The SMILES string of the molecule is COc1ccc(N2CCN([C@H](CNC(=O)C(C)C)c3ccco3)CC2)cc1. The molecule has 1 fully saturated rings. The van der Waals surface area contributed by atoms with Gasteiger partial charge in [-0.05, 0) is 36.4 Å². The van der Waals surface area contributed by atoms with E-state index in [0.29, 0.717) is 6.54 Å². The van der Waals surface area contributed by atoms with Crippen LogP contribution in [0.25, 0.3) is 0 Å². The Labute approximate surface area is 161 Å². The Morgan fingerprint density at radius 2 is 1.85 bits per heavy atom. The first-order valence-corrected chi connectivity index (χ1v) is 9.52. The van der Waals surface area contributed by atoms with Gasteiger partial charge >= 0.3 is 0 Å². The van der Waals surface area contributed by atoms with E-state index in [2.05, 4.69) is 27.2 Å². The lowest BCUT2D eigenvalue weighted by Crippen LogP contribution is -2.50. The van der Waals surface area contributed by atoms with E-state index in [1.165, 1.54) is 5.69 Å². The summed E-state index contributed by atoms with van der Waals surface area (Å²) < 4.78 is 10.9. The molecule has 0 spiro atoms. The van der Waals surface area contributed by atoms with Crippen molar-refractivity contribution in [2.45, 2.75) is 19.9 Å². The van der Waals surface area contributed by atoms with Crippen molar-refractivity contribution in [3.8, 4) is 5.75 Å². The summed E-state index contributed by atoms with van der Waals surface area (Å²) in [7, 11) is 1.68. The van der Waals surface area contributed by atoms with Gasteiger partial charge in [0.25, 0.3) is 0 Å². The van der Waals surface area contributed by atoms with Gasteiger partial charge in [0.1, 0.15) is 11.5 Å². The number of nitrogens with one attached hydrogen (secondary N) is 1. The number of amides is 1. The van der Waals surface area contributed by atoms with Crippen LogP contribution in [0.5, 0.6) is 5.75 Å². The highest BCUT2D eigenvalue weighted by Gasteiger charge is 2.27. The molecule has 6 heteroatoms. The van der Waals surface area contributed by atoms with Gasteiger partial charge in [0.15, 0.2) is 0 Å². The molecule has 1 aliphatic heterocycles. The van der Waals surface area contributed by atoms with E-state index in [1.807, 2.05) is 38.1 Å². The molecule has 1 aliphatic rings. The molecule has 1 aromatic heterocycles. The van der Waals surface area contributed by atoms with Crippen LogP contribution in [0.1, 0.15) is 25.6 Å². The number of methoxy groups -OCH3 is 1. The molecule has 1 saturated heterocycles. The van der Waals surface area contributed by atoms with Crippen LogP contribution in [0.15, 0.2) is 47.1 Å². The Morgan fingerprint density at radius 1 is 1.15 bits per heavy atom. The lowest BCUT2D eigenvalue weighted by atomic mass is 10.1. The maximum Gasteiger partial charge on any atom is 0.222 e. The van der Waals surface area contributed by atoms with E-state index in [-0.39, 0.29) is 17.9 Å². The van der Waals surface area contributed by atoms with E-state index < -0.39 is 0 Å². The minimum absolute atomic E-state index is 0.0193. The first kappa shape index (κ1) is 19.3. The standard InChI is InChI=1S/C21H29N3O3/c1-16(2)21(25)22-15-19(20-5-4-14-27-20)24-12-10-23(11-13-24)17-6-8-18(26-3)9-7-17/h4-9,14,16,19H,10-13,15H2,1-3H3,(H,22,25)/t19-/m1/s1. The quantitative estimate of drug-likeness (QED) is 0.811. The van der Waals surface area contributed by atoms with Crippen molar-refractivity contribution in [2.24, 2.45) is 5.92 Å². The Balaban J connectivity index is 1.62. The fraction of sp³-hybridized carbons (Fsp3) is 0.476. The minimum atomic E-state index is -0.0193. The van der Waals surface area contributed by atoms with Gasteiger partial charge < -0.3 is 19.4 Å². The molecule has 146 valence electrons. The number of piperazine rings is 1. The van der Waals surface area contributed by atoms with E-state index in [0.717, 1.165) is 37.7 Å². The molecule has 2 heterocycles. The zero-order valence-corrected chi connectivity index (χ0v) is 16.4. The van der Waals surface area contributed by atoms with Crippen LogP contribution in [0.3, 0.4) is 0 Å². The van der Waals surface area contributed by atoms with E-state index in [9.17, 15) is 4.79 Å². The molecule has 27 heavy (non-hydrogen) atoms. The molecule has 2 aromatic rings. The molecule has 0 radical (unpaired) electrons. The maximum absolute atomic E-state index is 12.0. The summed E-state index contributed by atoms with van der Waals surface area (Å²) >= 11 is 0. The first-order valence-electron chi connectivity index (χ1n) is 9.52. The minimum Gasteiger partial charge on any atom is -0.497 e. The highest BCUT2D eigenvalue weighted by atomic mass is 16.5. The van der Waals surface area contributed by atoms with Crippen LogP contribution in [0.4, 0.5) is 5.69 Å². The summed E-state index contributed by atoms with van der Waals surface area (Å²) in [6.45, 7) is 8.07. The van der Waals surface area contributed by atoms with Gasteiger partial charge in [-0.3, -0.25) is 9.69 Å². The van der Waals surface area contributed by atoms with E-state index in [4.69, 9.17) is 9.15 Å². The summed E-state index contributed by atoms with van der Waals surface area (Å²) in [4.78, 5) is 16.8. The summed E-state index contributed by atoms with van der Waals surface area (Å²) in [5.41, 5.74) is 1.21. The fourth-order valence-electron chi connectivity index (χ4n) is 3.38. The molecule has 0 saturated carbocycles. The predicted molar refractivity (Wildman–Crippen MR) is 106 cm³/mol. The third-order valence-corrected chi connectivity index (χ3v) is 5.06. The number of rotatable bonds is 7. The van der Waals surface area contributed by atoms with Gasteiger partial charge in [-0.2, -0.15) is 0 Å². The van der Waals surface area contributed by atoms with Crippen molar-refractivity contribution in [2.75, 3.05) is 44.7 Å². The van der Waals surface area contributed by atoms with Crippen LogP contribution < -0.4 is 15.0 Å². The number of hydrogen-bond acceptors (Lipinski definition) is 5. The number of carbonyl (C=O) groups is 1.